The molecule has 1 saturated carbocycles. The van der Waals surface area contributed by atoms with E-state index in [1.54, 1.807) is 4.90 Å². The first kappa shape index (κ1) is 45.2. The van der Waals surface area contributed by atoms with Gasteiger partial charge in [-0.3, -0.25) is 9.59 Å². The molecule has 2 amide bonds. The van der Waals surface area contributed by atoms with Crippen molar-refractivity contribution in [2.45, 2.75) is 126 Å². The molecule has 0 aromatic heterocycles. The highest BCUT2D eigenvalue weighted by Crippen LogP contribution is 2.46. The lowest BCUT2D eigenvalue weighted by molar-refractivity contribution is -0.156. The molecule has 2 fully saturated rings. The number of carbonyl (C=O) groups excluding carboxylic acids is 3. The Morgan fingerprint density at radius 3 is 1.72 bits per heavy atom. The number of hydrogen-bond acceptors (Lipinski definition) is 5. The first-order chi connectivity index (χ1) is 31.4. The zero-order valence-corrected chi connectivity index (χ0v) is 37.9. The summed E-state index contributed by atoms with van der Waals surface area (Å²) in [5.41, 5.74) is 6.31. The number of halogens is 1. The molecule has 0 radical (unpaired) electrons. The molecular weight excluding hydrogens is 816 g/mol. The van der Waals surface area contributed by atoms with Gasteiger partial charge in [-0.1, -0.05) is 204 Å². The molecule has 5 aromatic carbocycles. The lowest BCUT2D eigenvalue weighted by Gasteiger charge is -2.36. The van der Waals surface area contributed by atoms with E-state index in [0.29, 0.717) is 35.2 Å². The molecule has 2 aliphatic carbocycles. The van der Waals surface area contributed by atoms with Gasteiger partial charge in [0.2, 0.25) is 5.91 Å². The molecule has 334 valence electrons. The molecule has 5 aromatic rings. The monoisotopic (exact) mass is 878 g/mol. The van der Waals surface area contributed by atoms with E-state index < -0.39 is 30.1 Å². The van der Waals surface area contributed by atoms with Crippen molar-refractivity contribution in [2.75, 3.05) is 19.7 Å². The number of esters is 1. The van der Waals surface area contributed by atoms with Crippen LogP contribution in [0.4, 0.5) is 4.79 Å². The van der Waals surface area contributed by atoms with Gasteiger partial charge in [0.25, 0.3) is 0 Å². The van der Waals surface area contributed by atoms with Crippen LogP contribution >= 0.6 is 11.6 Å². The average Bonchev–Trinajstić information content (AvgIpc) is 3.98. The number of benzene rings is 5. The summed E-state index contributed by atoms with van der Waals surface area (Å²) in [5.74, 6) is -0.699. The summed E-state index contributed by atoms with van der Waals surface area (Å²) >= 11 is 7.09. The van der Waals surface area contributed by atoms with Crippen LogP contribution < -0.4 is 5.32 Å². The fraction of sp³-hybridized carbons (Fsp3) is 0.411. The normalized spacial score (nSPS) is 17.9. The van der Waals surface area contributed by atoms with Crippen molar-refractivity contribution < 1.29 is 23.9 Å². The largest absolute Gasteiger partial charge is 0.449 e. The van der Waals surface area contributed by atoms with Gasteiger partial charge >= 0.3 is 12.1 Å². The summed E-state index contributed by atoms with van der Waals surface area (Å²) in [6.07, 6.45) is 17.2. The minimum atomic E-state index is -1.47. The summed E-state index contributed by atoms with van der Waals surface area (Å²) in [4.78, 5) is 44.4. The Hall–Kier alpha value is -5.40. The number of ether oxygens (including phenoxy) is 2. The Morgan fingerprint density at radius 2 is 1.12 bits per heavy atom. The average molecular weight is 880 g/mol. The minimum absolute atomic E-state index is 0.0788. The van der Waals surface area contributed by atoms with Gasteiger partial charge in [-0.25, -0.2) is 4.79 Å². The van der Waals surface area contributed by atoms with Gasteiger partial charge in [0, 0.05) is 40.7 Å². The van der Waals surface area contributed by atoms with E-state index in [9.17, 15) is 14.4 Å². The zero-order chi connectivity index (χ0) is 44.1. The number of likely N-dealkylation sites (tertiary alicyclic amines) is 1. The van der Waals surface area contributed by atoms with Crippen LogP contribution in [0.15, 0.2) is 127 Å². The molecule has 1 N–H and O–H groups in total. The van der Waals surface area contributed by atoms with Crippen molar-refractivity contribution >= 4 is 29.6 Å². The Balaban J connectivity index is 1.06. The van der Waals surface area contributed by atoms with Gasteiger partial charge in [-0.2, -0.15) is 0 Å². The Kier molecular flexibility index (Phi) is 15.5. The molecule has 1 aliphatic heterocycles. The highest BCUT2D eigenvalue weighted by molar-refractivity contribution is 6.31. The van der Waals surface area contributed by atoms with Crippen molar-refractivity contribution in [3.8, 4) is 11.1 Å². The van der Waals surface area contributed by atoms with E-state index >= 15 is 0 Å². The van der Waals surface area contributed by atoms with E-state index in [0.717, 1.165) is 53.5 Å². The number of nitrogens with one attached hydrogen (secondary N) is 1. The summed E-state index contributed by atoms with van der Waals surface area (Å²) in [5, 5.41) is 3.25. The fourth-order valence-corrected chi connectivity index (χ4v) is 10.7. The maximum Gasteiger partial charge on any atom is 0.407 e. The number of carbonyl (C=O) groups is 3. The molecule has 0 spiro atoms. The van der Waals surface area contributed by atoms with Crippen LogP contribution in [0.25, 0.3) is 11.1 Å². The number of hydrogen-bond donors (Lipinski definition) is 1. The van der Waals surface area contributed by atoms with Crippen molar-refractivity contribution in [2.24, 2.45) is 0 Å². The van der Waals surface area contributed by atoms with Gasteiger partial charge in [-0.15, -0.1) is 0 Å². The number of alkyl carbamates (subject to hydrolysis) is 1. The fourth-order valence-electron chi connectivity index (χ4n) is 10.4. The van der Waals surface area contributed by atoms with Crippen LogP contribution in [0, 0.1) is 0 Å². The molecule has 8 rings (SSSR count). The molecule has 0 bridgehead atoms. The van der Waals surface area contributed by atoms with E-state index in [-0.39, 0.29) is 18.4 Å². The van der Waals surface area contributed by atoms with Crippen molar-refractivity contribution in [3.63, 3.8) is 0 Å². The van der Waals surface area contributed by atoms with Gasteiger partial charge in [0.15, 0.2) is 5.60 Å². The predicted molar refractivity (Wildman–Crippen MR) is 255 cm³/mol. The topological polar surface area (TPSA) is 84.9 Å². The van der Waals surface area contributed by atoms with Crippen LogP contribution in [0.2, 0.25) is 5.02 Å². The number of rotatable bonds is 11. The third kappa shape index (κ3) is 10.6. The first-order valence-electron chi connectivity index (χ1n) is 24.0. The van der Waals surface area contributed by atoms with Crippen molar-refractivity contribution in [3.05, 3.63) is 166 Å². The zero-order valence-electron chi connectivity index (χ0n) is 37.2. The van der Waals surface area contributed by atoms with Crippen LogP contribution in [-0.2, 0) is 24.7 Å². The second-order valence-electron chi connectivity index (χ2n) is 18.0. The third-order valence-electron chi connectivity index (χ3n) is 13.8. The molecule has 1 heterocycles. The van der Waals surface area contributed by atoms with E-state index in [1.807, 2.05) is 78.9 Å². The number of amides is 2. The summed E-state index contributed by atoms with van der Waals surface area (Å²) in [6, 6.07) is 40.8. The van der Waals surface area contributed by atoms with Crippen LogP contribution in [-0.4, -0.2) is 48.6 Å². The minimum Gasteiger partial charge on any atom is -0.449 e. The maximum atomic E-state index is 14.8. The molecule has 64 heavy (non-hydrogen) atoms. The first-order valence-corrected chi connectivity index (χ1v) is 24.3. The standard InChI is InChI=1S/C56H63ClN2O5/c57-51-32-20-19-31-50(51)56(43-25-13-10-14-26-43,44-35-33-42(34-36-44)41-23-11-8-6-4-2-1-3-5-7-9-12-24-41)64-53(60)39-52(54(61)59-37-21-22-38-59)58-55(62)63-40-49-47-29-17-15-27-45(47)46-28-16-18-30-48(46)49/h10,13-20,25-36,41,49,52H,1-9,11-12,21-24,37-40H2,(H,58,62)/t52-,56?/m0/s1. The molecule has 3 aliphatic rings. The van der Waals surface area contributed by atoms with Crippen LogP contribution in [0.3, 0.4) is 0 Å². The van der Waals surface area contributed by atoms with Gasteiger partial charge in [0.05, 0.1) is 6.42 Å². The quantitative estimate of drug-likeness (QED) is 0.106. The van der Waals surface area contributed by atoms with Gasteiger partial charge < -0.3 is 19.7 Å². The third-order valence-corrected chi connectivity index (χ3v) is 14.1. The van der Waals surface area contributed by atoms with E-state index in [4.69, 9.17) is 21.1 Å². The summed E-state index contributed by atoms with van der Waals surface area (Å²) in [7, 11) is 0. The Bertz CT molecular complexity index is 2270. The number of nitrogens with zero attached hydrogens (tertiary/aromatic N) is 1. The smallest absolute Gasteiger partial charge is 0.407 e. The molecule has 7 nitrogen and oxygen atoms in total. The predicted octanol–water partition coefficient (Wildman–Crippen LogP) is 13.3. The Labute approximate surface area is 384 Å². The van der Waals surface area contributed by atoms with Crippen molar-refractivity contribution in [1.82, 2.24) is 10.2 Å². The van der Waals surface area contributed by atoms with Gasteiger partial charge in [0.1, 0.15) is 12.6 Å². The van der Waals surface area contributed by atoms with E-state index in [2.05, 4.69) is 53.8 Å². The lowest BCUT2D eigenvalue weighted by atomic mass is 9.78. The second kappa shape index (κ2) is 22.0. The Morgan fingerprint density at radius 1 is 0.609 bits per heavy atom. The van der Waals surface area contributed by atoms with Crippen LogP contribution in [0.5, 0.6) is 0 Å². The van der Waals surface area contributed by atoms with Crippen molar-refractivity contribution in [1.29, 1.82) is 0 Å². The molecular formula is C56H63ClN2O5. The second-order valence-corrected chi connectivity index (χ2v) is 18.5. The summed E-state index contributed by atoms with van der Waals surface area (Å²) in [6.45, 7) is 1.19. The molecule has 1 saturated heterocycles. The highest BCUT2D eigenvalue weighted by Gasteiger charge is 2.43. The molecule has 2 atom stereocenters. The molecule has 8 heteroatoms. The van der Waals surface area contributed by atoms with E-state index in [1.165, 1.54) is 76.2 Å². The molecule has 1 unspecified atom stereocenters. The highest BCUT2D eigenvalue weighted by atomic mass is 35.5. The summed E-state index contributed by atoms with van der Waals surface area (Å²) < 4.78 is 12.7. The number of fused-ring (bicyclic) bond motifs is 3. The SMILES string of the molecule is O=C(C[C@H](NC(=O)OCC1c2ccccc2-c2ccccc21)C(=O)N1CCCC1)OC(c1ccccc1)(c1ccc(C2CCCCCCCCCCCCC2)cc1)c1ccccc1Cl. The van der Waals surface area contributed by atoms with Crippen LogP contribution in [0.1, 0.15) is 148 Å². The lowest BCUT2D eigenvalue weighted by Crippen LogP contribution is -2.49. The van der Waals surface area contributed by atoms with Gasteiger partial charge in [-0.05, 0) is 65.5 Å². The maximum absolute atomic E-state index is 14.8.